The summed E-state index contributed by atoms with van der Waals surface area (Å²) in [6, 6.07) is 2.93. The molecule has 1 N–H and O–H groups in total. The fourth-order valence-corrected chi connectivity index (χ4v) is 2.09. The Balaban J connectivity index is 2.28. The molecule has 0 spiro atoms. The van der Waals surface area contributed by atoms with E-state index in [1.165, 1.54) is 12.1 Å². The molecule has 2 rings (SSSR count). The Bertz CT molecular complexity index is 572. The number of benzene rings is 1. The zero-order valence-corrected chi connectivity index (χ0v) is 11.2. The summed E-state index contributed by atoms with van der Waals surface area (Å²) in [5.74, 6) is -0.666. The predicted molar refractivity (Wildman–Crippen MR) is 67.5 cm³/mol. The van der Waals surface area contributed by atoms with Crippen LogP contribution >= 0.6 is 0 Å². The largest absolute Gasteiger partial charge is 0.465 e. The minimum Gasteiger partial charge on any atom is -0.465 e. The van der Waals surface area contributed by atoms with Crippen molar-refractivity contribution in [3.05, 3.63) is 29.3 Å². The van der Waals surface area contributed by atoms with Crippen molar-refractivity contribution in [2.24, 2.45) is 0 Å². The van der Waals surface area contributed by atoms with Crippen molar-refractivity contribution < 1.29 is 27.5 Å². The van der Waals surface area contributed by atoms with Crippen molar-refractivity contribution in [1.29, 1.82) is 0 Å². The molecule has 8 heteroatoms. The van der Waals surface area contributed by atoms with Crippen molar-refractivity contribution in [2.45, 2.75) is 19.6 Å². The van der Waals surface area contributed by atoms with Gasteiger partial charge in [-0.05, 0) is 19.1 Å². The molecule has 1 aliphatic rings. The van der Waals surface area contributed by atoms with Gasteiger partial charge in [0.15, 0.2) is 0 Å². The zero-order chi connectivity index (χ0) is 15.6. The molecule has 0 aliphatic carbocycles. The Labute approximate surface area is 118 Å². The number of carbonyl (C=O) groups is 2. The van der Waals surface area contributed by atoms with Gasteiger partial charge in [0, 0.05) is 11.3 Å². The van der Waals surface area contributed by atoms with Crippen molar-refractivity contribution in [3.63, 3.8) is 0 Å². The molecule has 2 amide bonds. The number of fused-ring (bicyclic) bond motifs is 1. The number of ether oxygens (including phenoxy) is 1. The zero-order valence-electron chi connectivity index (χ0n) is 11.2. The molecule has 1 aromatic rings. The van der Waals surface area contributed by atoms with Crippen LogP contribution in [-0.4, -0.2) is 30.1 Å². The number of halogens is 3. The highest BCUT2D eigenvalue weighted by atomic mass is 19.4. The van der Waals surface area contributed by atoms with Crippen LogP contribution in [-0.2, 0) is 22.3 Å². The third-order valence-corrected chi connectivity index (χ3v) is 2.98. The summed E-state index contributed by atoms with van der Waals surface area (Å²) in [5.41, 5.74) is -0.780. The first kappa shape index (κ1) is 15.1. The van der Waals surface area contributed by atoms with Crippen molar-refractivity contribution in [2.75, 3.05) is 18.5 Å². The molecule has 0 saturated heterocycles. The number of alkyl halides is 3. The Hall–Kier alpha value is -2.25. The van der Waals surface area contributed by atoms with Crippen LogP contribution in [0, 0.1) is 0 Å². The smallest absolute Gasteiger partial charge is 0.416 e. The summed E-state index contributed by atoms with van der Waals surface area (Å²) in [5, 5.41) is 2.35. The summed E-state index contributed by atoms with van der Waals surface area (Å²) < 4.78 is 43.6. The maximum absolute atomic E-state index is 13.0. The quantitative estimate of drug-likeness (QED) is 0.873. The molecular formula is C13H13F3N2O3. The van der Waals surface area contributed by atoms with Crippen LogP contribution in [0.15, 0.2) is 18.2 Å². The maximum Gasteiger partial charge on any atom is 0.416 e. The molecule has 0 aromatic heterocycles. The minimum absolute atomic E-state index is 0.0612. The highest BCUT2D eigenvalue weighted by molar-refractivity contribution is 5.94. The van der Waals surface area contributed by atoms with Crippen LogP contribution in [0.4, 0.5) is 23.7 Å². The first-order chi connectivity index (χ1) is 9.82. The number of nitrogens with zero attached hydrogens (tertiary/aromatic N) is 1. The number of rotatable bonds is 3. The van der Waals surface area contributed by atoms with E-state index >= 15 is 0 Å². The number of hydrogen-bond acceptors (Lipinski definition) is 3. The third kappa shape index (κ3) is 3.26. The average molecular weight is 302 g/mol. The monoisotopic (exact) mass is 302 g/mol. The van der Waals surface area contributed by atoms with Gasteiger partial charge in [-0.1, -0.05) is 6.07 Å². The van der Waals surface area contributed by atoms with E-state index in [-0.39, 0.29) is 24.4 Å². The number of hydrogen-bond donors (Lipinski definition) is 1. The first-order valence-electron chi connectivity index (χ1n) is 6.23. The Morgan fingerprint density at radius 3 is 2.76 bits per heavy atom. The van der Waals surface area contributed by atoms with E-state index in [4.69, 9.17) is 4.74 Å². The SMILES string of the molecule is CCOC(=O)CN1Cc2c(cccc2C(F)(F)F)NC1=O. The molecule has 0 bridgehead atoms. The molecule has 0 saturated carbocycles. The van der Waals surface area contributed by atoms with Crippen LogP contribution in [0.2, 0.25) is 0 Å². The molecule has 0 unspecified atom stereocenters. The van der Waals surface area contributed by atoms with E-state index in [9.17, 15) is 22.8 Å². The Morgan fingerprint density at radius 1 is 1.43 bits per heavy atom. The topological polar surface area (TPSA) is 58.6 Å². The second kappa shape index (κ2) is 5.63. The van der Waals surface area contributed by atoms with Crippen LogP contribution in [0.3, 0.4) is 0 Å². The van der Waals surface area contributed by atoms with Crippen LogP contribution in [0.25, 0.3) is 0 Å². The summed E-state index contributed by atoms with van der Waals surface area (Å²) >= 11 is 0. The van der Waals surface area contributed by atoms with Crippen molar-refractivity contribution in [1.82, 2.24) is 4.90 Å². The standard InChI is InChI=1S/C13H13F3N2O3/c1-2-21-11(19)7-18-6-8-9(13(14,15)16)4-3-5-10(8)17-12(18)20/h3-5H,2,6-7H2,1H3,(H,17,20). The van der Waals surface area contributed by atoms with Gasteiger partial charge < -0.3 is 15.0 Å². The fourth-order valence-electron chi connectivity index (χ4n) is 2.09. The van der Waals surface area contributed by atoms with E-state index in [0.717, 1.165) is 11.0 Å². The van der Waals surface area contributed by atoms with Gasteiger partial charge in [0.1, 0.15) is 6.54 Å². The van der Waals surface area contributed by atoms with Gasteiger partial charge in [-0.2, -0.15) is 13.2 Å². The van der Waals surface area contributed by atoms with Gasteiger partial charge in [0.25, 0.3) is 0 Å². The molecular weight excluding hydrogens is 289 g/mol. The van der Waals surface area contributed by atoms with Gasteiger partial charge >= 0.3 is 18.2 Å². The summed E-state index contributed by atoms with van der Waals surface area (Å²) in [4.78, 5) is 24.1. The molecule has 0 atom stereocenters. The van der Waals surface area contributed by atoms with E-state index in [0.29, 0.717) is 0 Å². The molecule has 1 aromatic carbocycles. The molecule has 114 valence electrons. The van der Waals surface area contributed by atoms with Crippen LogP contribution in [0.1, 0.15) is 18.1 Å². The van der Waals surface area contributed by atoms with Crippen LogP contribution in [0.5, 0.6) is 0 Å². The number of amides is 2. The number of nitrogens with one attached hydrogen (secondary N) is 1. The van der Waals surface area contributed by atoms with Gasteiger partial charge in [-0.25, -0.2) is 4.79 Å². The van der Waals surface area contributed by atoms with E-state index < -0.39 is 30.3 Å². The molecule has 21 heavy (non-hydrogen) atoms. The lowest BCUT2D eigenvalue weighted by Crippen LogP contribution is -2.42. The van der Waals surface area contributed by atoms with E-state index in [1.54, 1.807) is 6.92 Å². The van der Waals surface area contributed by atoms with Gasteiger partial charge in [-0.3, -0.25) is 4.79 Å². The number of carbonyl (C=O) groups excluding carboxylic acids is 2. The lowest BCUT2D eigenvalue weighted by molar-refractivity contribution is -0.143. The first-order valence-corrected chi connectivity index (χ1v) is 6.23. The highest BCUT2D eigenvalue weighted by Crippen LogP contribution is 2.37. The minimum atomic E-state index is -4.52. The molecule has 0 radical (unpaired) electrons. The molecule has 5 nitrogen and oxygen atoms in total. The van der Waals surface area contributed by atoms with Gasteiger partial charge in [0.05, 0.1) is 18.7 Å². The maximum atomic E-state index is 13.0. The summed E-state index contributed by atoms with van der Waals surface area (Å²) in [7, 11) is 0. The predicted octanol–water partition coefficient (Wildman–Crippen LogP) is 2.62. The molecule has 1 heterocycles. The van der Waals surface area contributed by atoms with Crippen molar-refractivity contribution >= 4 is 17.7 Å². The highest BCUT2D eigenvalue weighted by Gasteiger charge is 2.37. The average Bonchev–Trinajstić information content (AvgIpc) is 2.38. The Kier molecular flexibility index (Phi) is 4.06. The van der Waals surface area contributed by atoms with Crippen LogP contribution < -0.4 is 5.32 Å². The lowest BCUT2D eigenvalue weighted by atomic mass is 10.0. The van der Waals surface area contributed by atoms with Gasteiger partial charge in [0.2, 0.25) is 0 Å². The van der Waals surface area contributed by atoms with Crippen molar-refractivity contribution in [3.8, 4) is 0 Å². The summed E-state index contributed by atoms with van der Waals surface area (Å²) in [6.07, 6.45) is -4.52. The third-order valence-electron chi connectivity index (χ3n) is 2.98. The fraction of sp³-hybridized carbons (Fsp3) is 0.385. The normalized spacial score (nSPS) is 14.5. The lowest BCUT2D eigenvalue weighted by Gasteiger charge is -2.30. The second-order valence-corrected chi connectivity index (χ2v) is 4.42. The molecule has 0 fully saturated rings. The number of anilines is 1. The van der Waals surface area contributed by atoms with Gasteiger partial charge in [-0.15, -0.1) is 0 Å². The summed E-state index contributed by atoms with van der Waals surface area (Å²) in [6.45, 7) is 1.05. The van der Waals surface area contributed by atoms with E-state index in [2.05, 4.69) is 5.32 Å². The Morgan fingerprint density at radius 2 is 2.14 bits per heavy atom. The van der Waals surface area contributed by atoms with E-state index in [1.807, 2.05) is 0 Å². The number of urea groups is 1. The number of esters is 1. The molecule has 1 aliphatic heterocycles. The second-order valence-electron chi connectivity index (χ2n) is 4.42.